The van der Waals surface area contributed by atoms with Crippen molar-refractivity contribution in [2.24, 2.45) is 16.3 Å². The fourth-order valence-corrected chi connectivity index (χ4v) is 1.93. The van der Waals surface area contributed by atoms with E-state index in [0.717, 1.165) is 11.9 Å². The number of hydrogen-bond acceptors (Lipinski definition) is 1. The zero-order valence-corrected chi connectivity index (χ0v) is 9.31. The van der Waals surface area contributed by atoms with Crippen molar-refractivity contribution in [1.29, 1.82) is 0 Å². The fourth-order valence-electron chi connectivity index (χ4n) is 1.93. The van der Waals surface area contributed by atoms with Gasteiger partial charge in [-0.2, -0.15) is 0 Å². The monoisotopic (exact) mass is 183 g/mol. The lowest BCUT2D eigenvalue weighted by Crippen LogP contribution is -2.42. The highest BCUT2D eigenvalue weighted by Crippen LogP contribution is 2.53. The third-order valence-electron chi connectivity index (χ3n) is 3.02. The molecule has 2 atom stereocenters. The van der Waals surface area contributed by atoms with Gasteiger partial charge < -0.3 is 10.6 Å². The molecule has 0 saturated heterocycles. The quantitative estimate of drug-likeness (QED) is 0.499. The van der Waals surface area contributed by atoms with Gasteiger partial charge in [-0.3, -0.25) is 4.99 Å². The first kappa shape index (κ1) is 10.4. The molecule has 0 amide bonds. The molecule has 3 heteroatoms. The maximum absolute atomic E-state index is 4.10. The van der Waals surface area contributed by atoms with Gasteiger partial charge in [0.15, 0.2) is 5.96 Å². The van der Waals surface area contributed by atoms with Crippen molar-refractivity contribution in [2.75, 3.05) is 14.1 Å². The van der Waals surface area contributed by atoms with Crippen molar-refractivity contribution in [3.8, 4) is 0 Å². The first-order valence-electron chi connectivity index (χ1n) is 4.92. The van der Waals surface area contributed by atoms with Crippen molar-refractivity contribution in [2.45, 2.75) is 33.2 Å². The average Bonchev–Trinajstić information content (AvgIpc) is 2.70. The van der Waals surface area contributed by atoms with E-state index in [1.807, 2.05) is 7.05 Å². The summed E-state index contributed by atoms with van der Waals surface area (Å²) in [7, 11) is 3.68. The number of aliphatic imine (C=N–C) groups is 1. The summed E-state index contributed by atoms with van der Waals surface area (Å²) in [6, 6.07) is 0.515. The molecule has 1 aliphatic rings. The van der Waals surface area contributed by atoms with Crippen LogP contribution in [-0.2, 0) is 0 Å². The molecule has 0 aromatic rings. The van der Waals surface area contributed by atoms with E-state index in [1.165, 1.54) is 6.42 Å². The SMILES string of the molecule is CN=C(NC)NC(C)C1CC1(C)C. The van der Waals surface area contributed by atoms with Gasteiger partial charge >= 0.3 is 0 Å². The highest BCUT2D eigenvalue weighted by molar-refractivity contribution is 5.79. The highest BCUT2D eigenvalue weighted by atomic mass is 15.2. The molecule has 1 saturated carbocycles. The van der Waals surface area contributed by atoms with Crippen LogP contribution in [0.25, 0.3) is 0 Å². The number of nitrogens with one attached hydrogen (secondary N) is 2. The number of nitrogens with zero attached hydrogens (tertiary/aromatic N) is 1. The standard InChI is InChI=1S/C10H21N3/c1-7(8-6-10(8,2)3)13-9(11-4)12-5/h7-8H,6H2,1-5H3,(H2,11,12,13). The van der Waals surface area contributed by atoms with E-state index < -0.39 is 0 Å². The minimum absolute atomic E-state index is 0.515. The van der Waals surface area contributed by atoms with Gasteiger partial charge in [0.1, 0.15) is 0 Å². The molecule has 13 heavy (non-hydrogen) atoms. The summed E-state index contributed by atoms with van der Waals surface area (Å²) in [6.45, 7) is 6.86. The highest BCUT2D eigenvalue weighted by Gasteiger charge is 2.48. The van der Waals surface area contributed by atoms with E-state index in [0.29, 0.717) is 11.5 Å². The van der Waals surface area contributed by atoms with E-state index in [4.69, 9.17) is 0 Å². The molecule has 0 spiro atoms. The molecule has 2 N–H and O–H groups in total. The van der Waals surface area contributed by atoms with Crippen LogP contribution < -0.4 is 10.6 Å². The van der Waals surface area contributed by atoms with Crippen molar-refractivity contribution in [3.05, 3.63) is 0 Å². The third-order valence-corrected chi connectivity index (χ3v) is 3.02. The molecule has 0 aromatic carbocycles. The molecule has 2 unspecified atom stereocenters. The molecular weight excluding hydrogens is 162 g/mol. The zero-order valence-electron chi connectivity index (χ0n) is 9.31. The van der Waals surface area contributed by atoms with Crippen LogP contribution in [0.5, 0.6) is 0 Å². The van der Waals surface area contributed by atoms with E-state index in [1.54, 1.807) is 7.05 Å². The van der Waals surface area contributed by atoms with Crippen molar-refractivity contribution in [3.63, 3.8) is 0 Å². The van der Waals surface area contributed by atoms with Gasteiger partial charge in [0.2, 0.25) is 0 Å². The Kier molecular flexibility index (Phi) is 2.84. The van der Waals surface area contributed by atoms with Crippen molar-refractivity contribution >= 4 is 5.96 Å². The summed E-state index contributed by atoms with van der Waals surface area (Å²) < 4.78 is 0. The summed E-state index contributed by atoms with van der Waals surface area (Å²) >= 11 is 0. The van der Waals surface area contributed by atoms with Crippen LogP contribution in [0.15, 0.2) is 4.99 Å². The fraction of sp³-hybridized carbons (Fsp3) is 0.900. The second-order valence-corrected chi connectivity index (χ2v) is 4.55. The molecule has 0 radical (unpaired) electrons. The topological polar surface area (TPSA) is 36.4 Å². The first-order chi connectivity index (χ1) is 6.01. The molecule has 1 aliphatic carbocycles. The van der Waals surface area contributed by atoms with Crippen LogP contribution in [0.2, 0.25) is 0 Å². The molecule has 76 valence electrons. The third kappa shape index (κ3) is 2.36. The van der Waals surface area contributed by atoms with Crippen molar-refractivity contribution < 1.29 is 0 Å². The summed E-state index contributed by atoms with van der Waals surface area (Å²) in [5.41, 5.74) is 0.527. The molecule has 0 aromatic heterocycles. The summed E-state index contributed by atoms with van der Waals surface area (Å²) in [4.78, 5) is 4.10. The van der Waals surface area contributed by atoms with Crippen LogP contribution in [0, 0.1) is 11.3 Å². The van der Waals surface area contributed by atoms with Gasteiger partial charge in [-0.15, -0.1) is 0 Å². The molecular formula is C10H21N3. The molecule has 3 nitrogen and oxygen atoms in total. The molecule has 0 aliphatic heterocycles. The molecule has 0 heterocycles. The van der Waals surface area contributed by atoms with E-state index >= 15 is 0 Å². The lowest BCUT2D eigenvalue weighted by atomic mass is 10.1. The normalized spacial score (nSPS) is 28.1. The van der Waals surface area contributed by atoms with E-state index in [-0.39, 0.29) is 0 Å². The minimum atomic E-state index is 0.515. The Morgan fingerprint density at radius 1 is 1.54 bits per heavy atom. The van der Waals surface area contributed by atoms with Gasteiger partial charge in [-0.1, -0.05) is 13.8 Å². The Bertz CT molecular complexity index is 208. The average molecular weight is 183 g/mol. The molecule has 0 bridgehead atoms. The van der Waals surface area contributed by atoms with Crippen LogP contribution >= 0.6 is 0 Å². The molecule has 1 rings (SSSR count). The predicted octanol–water partition coefficient (Wildman–Crippen LogP) is 1.22. The van der Waals surface area contributed by atoms with Gasteiger partial charge in [-0.25, -0.2) is 0 Å². The van der Waals surface area contributed by atoms with Crippen LogP contribution in [-0.4, -0.2) is 26.1 Å². The summed E-state index contributed by atoms with van der Waals surface area (Å²) in [5.74, 6) is 1.67. The Hall–Kier alpha value is -0.730. The smallest absolute Gasteiger partial charge is 0.190 e. The number of hydrogen-bond donors (Lipinski definition) is 2. The first-order valence-corrected chi connectivity index (χ1v) is 4.92. The maximum atomic E-state index is 4.10. The lowest BCUT2D eigenvalue weighted by molar-refractivity contribution is 0.471. The van der Waals surface area contributed by atoms with Gasteiger partial charge in [0.25, 0.3) is 0 Å². The van der Waals surface area contributed by atoms with Crippen molar-refractivity contribution in [1.82, 2.24) is 10.6 Å². The van der Waals surface area contributed by atoms with Crippen LogP contribution in [0.4, 0.5) is 0 Å². The minimum Gasteiger partial charge on any atom is -0.359 e. The number of rotatable bonds is 2. The second kappa shape index (κ2) is 3.56. The Labute approximate surface area is 81.0 Å². The zero-order chi connectivity index (χ0) is 10.1. The van der Waals surface area contributed by atoms with Crippen LogP contribution in [0.3, 0.4) is 0 Å². The number of guanidine groups is 1. The van der Waals surface area contributed by atoms with Gasteiger partial charge in [-0.05, 0) is 24.7 Å². The predicted molar refractivity (Wildman–Crippen MR) is 56.9 cm³/mol. The Balaban J connectivity index is 2.38. The molecule has 1 fully saturated rings. The second-order valence-electron chi connectivity index (χ2n) is 4.55. The Morgan fingerprint density at radius 3 is 2.38 bits per heavy atom. The van der Waals surface area contributed by atoms with Gasteiger partial charge in [0, 0.05) is 20.1 Å². The summed E-state index contributed by atoms with van der Waals surface area (Å²) in [5, 5.41) is 6.40. The van der Waals surface area contributed by atoms with Crippen LogP contribution in [0.1, 0.15) is 27.2 Å². The summed E-state index contributed by atoms with van der Waals surface area (Å²) in [6.07, 6.45) is 1.32. The largest absolute Gasteiger partial charge is 0.359 e. The lowest BCUT2D eigenvalue weighted by Gasteiger charge is -2.17. The maximum Gasteiger partial charge on any atom is 0.190 e. The van der Waals surface area contributed by atoms with Gasteiger partial charge in [0.05, 0.1) is 0 Å². The van der Waals surface area contributed by atoms with E-state index in [2.05, 4.69) is 36.4 Å². The van der Waals surface area contributed by atoms with E-state index in [9.17, 15) is 0 Å². The Morgan fingerprint density at radius 2 is 2.08 bits per heavy atom.